The summed E-state index contributed by atoms with van der Waals surface area (Å²) in [4.78, 5) is 2.23. The predicted octanol–water partition coefficient (Wildman–Crippen LogP) is 2.85. The van der Waals surface area contributed by atoms with E-state index in [2.05, 4.69) is 55.5 Å². The molecule has 0 aromatic heterocycles. The fourth-order valence-electron chi connectivity index (χ4n) is 2.55. The molecular formula is C16H26N2. The molecule has 1 fully saturated rings. The first-order valence-corrected chi connectivity index (χ1v) is 7.12. The highest BCUT2D eigenvalue weighted by atomic mass is 15.0. The van der Waals surface area contributed by atoms with Gasteiger partial charge >= 0.3 is 0 Å². The van der Waals surface area contributed by atoms with E-state index in [1.54, 1.807) is 0 Å². The first kappa shape index (κ1) is 13.6. The molecule has 0 bridgehead atoms. The molecule has 1 heterocycles. The van der Waals surface area contributed by atoms with E-state index in [1.165, 1.54) is 24.0 Å². The molecule has 2 nitrogen and oxygen atoms in total. The highest BCUT2D eigenvalue weighted by Crippen LogP contribution is 2.25. The van der Waals surface area contributed by atoms with E-state index in [0.717, 1.165) is 25.4 Å². The largest absolute Gasteiger partial charge is 0.310 e. The Balaban J connectivity index is 1.91. The van der Waals surface area contributed by atoms with Crippen LogP contribution in [-0.4, -0.2) is 32.1 Å². The zero-order valence-electron chi connectivity index (χ0n) is 11.9. The number of hydrogen-bond acceptors (Lipinski definition) is 2. The van der Waals surface area contributed by atoms with Crippen molar-refractivity contribution in [3.8, 4) is 0 Å². The van der Waals surface area contributed by atoms with E-state index in [0.29, 0.717) is 6.04 Å². The van der Waals surface area contributed by atoms with Crippen LogP contribution in [0.5, 0.6) is 0 Å². The van der Waals surface area contributed by atoms with Crippen molar-refractivity contribution in [3.63, 3.8) is 0 Å². The van der Waals surface area contributed by atoms with Crippen molar-refractivity contribution in [2.75, 3.05) is 27.2 Å². The van der Waals surface area contributed by atoms with E-state index in [-0.39, 0.29) is 0 Å². The van der Waals surface area contributed by atoms with E-state index in [4.69, 9.17) is 0 Å². The maximum absolute atomic E-state index is 3.65. The smallest absolute Gasteiger partial charge is 0.0320 e. The monoisotopic (exact) mass is 246 g/mol. The van der Waals surface area contributed by atoms with Gasteiger partial charge in [-0.1, -0.05) is 31.2 Å². The quantitative estimate of drug-likeness (QED) is 0.879. The lowest BCUT2D eigenvalue weighted by atomic mass is 9.91. The Kier molecular flexibility index (Phi) is 4.79. The molecule has 18 heavy (non-hydrogen) atoms. The van der Waals surface area contributed by atoms with Crippen molar-refractivity contribution < 1.29 is 0 Å². The summed E-state index contributed by atoms with van der Waals surface area (Å²) < 4.78 is 0. The van der Waals surface area contributed by atoms with Gasteiger partial charge in [0, 0.05) is 12.6 Å². The highest BCUT2D eigenvalue weighted by Gasteiger charge is 2.18. The fourth-order valence-corrected chi connectivity index (χ4v) is 2.55. The average molecular weight is 246 g/mol. The molecule has 100 valence electrons. The van der Waals surface area contributed by atoms with Crippen molar-refractivity contribution in [2.45, 2.75) is 32.2 Å². The van der Waals surface area contributed by atoms with Crippen molar-refractivity contribution in [1.29, 1.82) is 0 Å². The molecule has 2 heteroatoms. The second-order valence-electron chi connectivity index (χ2n) is 5.94. The summed E-state index contributed by atoms with van der Waals surface area (Å²) in [7, 11) is 4.25. The number of nitrogens with one attached hydrogen (secondary N) is 1. The first-order chi connectivity index (χ1) is 8.65. The molecule has 2 rings (SSSR count). The Morgan fingerprint density at radius 3 is 2.44 bits per heavy atom. The van der Waals surface area contributed by atoms with Crippen LogP contribution in [0.4, 0.5) is 0 Å². The average Bonchev–Trinajstić information content (AvgIpc) is 2.38. The van der Waals surface area contributed by atoms with Crippen molar-refractivity contribution >= 4 is 0 Å². The summed E-state index contributed by atoms with van der Waals surface area (Å²) in [5.74, 6) is 0.834. The third-order valence-electron chi connectivity index (χ3n) is 3.89. The second-order valence-corrected chi connectivity index (χ2v) is 5.94. The van der Waals surface area contributed by atoms with Crippen LogP contribution in [0.25, 0.3) is 0 Å². The molecule has 1 aliphatic rings. The predicted molar refractivity (Wildman–Crippen MR) is 77.8 cm³/mol. The minimum atomic E-state index is 0.573. The van der Waals surface area contributed by atoms with E-state index < -0.39 is 0 Å². The molecule has 0 radical (unpaired) electrons. The van der Waals surface area contributed by atoms with Crippen LogP contribution in [0.1, 0.15) is 36.9 Å². The molecule has 1 aromatic rings. The van der Waals surface area contributed by atoms with Gasteiger partial charge in [-0.3, -0.25) is 0 Å². The molecule has 0 amide bonds. The second kappa shape index (κ2) is 6.35. The van der Waals surface area contributed by atoms with Gasteiger partial charge in [-0.25, -0.2) is 0 Å². The number of benzene rings is 1. The lowest BCUT2D eigenvalue weighted by Crippen LogP contribution is -2.31. The Labute approximate surface area is 111 Å². The van der Waals surface area contributed by atoms with Crippen LogP contribution >= 0.6 is 0 Å². The van der Waals surface area contributed by atoms with E-state index in [9.17, 15) is 0 Å². The Hall–Kier alpha value is -0.860. The van der Waals surface area contributed by atoms with Crippen LogP contribution in [0, 0.1) is 5.92 Å². The van der Waals surface area contributed by atoms with Gasteiger partial charge < -0.3 is 10.2 Å². The number of hydrogen-bond donors (Lipinski definition) is 1. The summed E-state index contributed by atoms with van der Waals surface area (Å²) in [5.41, 5.74) is 2.90. The van der Waals surface area contributed by atoms with Crippen LogP contribution in [0.2, 0.25) is 0 Å². The maximum Gasteiger partial charge on any atom is 0.0320 e. The minimum absolute atomic E-state index is 0.573. The third-order valence-corrected chi connectivity index (χ3v) is 3.89. The summed E-state index contributed by atoms with van der Waals surface area (Å²) >= 11 is 0. The number of rotatable bonds is 4. The first-order valence-electron chi connectivity index (χ1n) is 7.12. The Morgan fingerprint density at radius 1 is 1.17 bits per heavy atom. The van der Waals surface area contributed by atoms with E-state index in [1.807, 2.05) is 0 Å². The van der Waals surface area contributed by atoms with Crippen LogP contribution in [-0.2, 0) is 6.42 Å². The summed E-state index contributed by atoms with van der Waals surface area (Å²) in [6, 6.07) is 9.76. The standard InChI is InChI=1S/C16H26N2/c1-13-4-9-16(17-12-13)15-7-5-14(6-8-15)10-11-18(2)3/h5-8,13,16-17H,4,9-12H2,1-3H3/t13-,16+/m0/s1. The van der Waals surface area contributed by atoms with Gasteiger partial charge in [0.25, 0.3) is 0 Å². The zero-order valence-corrected chi connectivity index (χ0v) is 11.9. The summed E-state index contributed by atoms with van der Waals surface area (Å²) in [5, 5.41) is 3.65. The minimum Gasteiger partial charge on any atom is -0.310 e. The van der Waals surface area contributed by atoms with Crippen LogP contribution in [0.15, 0.2) is 24.3 Å². The molecule has 1 saturated heterocycles. The molecule has 0 aliphatic carbocycles. The molecule has 1 N–H and O–H groups in total. The maximum atomic E-state index is 3.65. The SMILES string of the molecule is C[C@H]1CC[C@H](c2ccc(CCN(C)C)cc2)NC1. The van der Waals surface area contributed by atoms with Gasteiger partial charge in [-0.15, -0.1) is 0 Å². The van der Waals surface area contributed by atoms with Gasteiger partial charge in [0.2, 0.25) is 0 Å². The topological polar surface area (TPSA) is 15.3 Å². The van der Waals surface area contributed by atoms with Crippen molar-refractivity contribution in [2.24, 2.45) is 5.92 Å². The van der Waals surface area contributed by atoms with Crippen LogP contribution < -0.4 is 5.32 Å². The molecule has 1 aliphatic heterocycles. The Bertz CT molecular complexity index is 348. The fraction of sp³-hybridized carbons (Fsp3) is 0.625. The van der Waals surface area contributed by atoms with Gasteiger partial charge in [-0.05, 0) is 56.9 Å². The number of piperidine rings is 1. The molecule has 0 spiro atoms. The molecule has 1 aromatic carbocycles. The molecule has 0 unspecified atom stereocenters. The molecule has 0 saturated carbocycles. The van der Waals surface area contributed by atoms with Gasteiger partial charge in [-0.2, -0.15) is 0 Å². The zero-order chi connectivity index (χ0) is 13.0. The Morgan fingerprint density at radius 2 is 1.89 bits per heavy atom. The molecule has 2 atom stereocenters. The van der Waals surface area contributed by atoms with Gasteiger partial charge in [0.15, 0.2) is 0 Å². The summed E-state index contributed by atoms with van der Waals surface area (Å²) in [6.07, 6.45) is 3.76. The highest BCUT2D eigenvalue weighted by molar-refractivity contribution is 5.25. The van der Waals surface area contributed by atoms with Crippen molar-refractivity contribution in [1.82, 2.24) is 10.2 Å². The lowest BCUT2D eigenvalue weighted by Gasteiger charge is -2.28. The van der Waals surface area contributed by atoms with Crippen LogP contribution in [0.3, 0.4) is 0 Å². The number of likely N-dealkylation sites (N-methyl/N-ethyl adjacent to an activating group) is 1. The normalized spacial score (nSPS) is 24.4. The lowest BCUT2D eigenvalue weighted by molar-refractivity contribution is 0.333. The summed E-state index contributed by atoms with van der Waals surface area (Å²) in [6.45, 7) is 4.61. The van der Waals surface area contributed by atoms with Gasteiger partial charge in [0.05, 0.1) is 0 Å². The van der Waals surface area contributed by atoms with E-state index >= 15 is 0 Å². The third kappa shape index (κ3) is 3.82. The molecular weight excluding hydrogens is 220 g/mol. The van der Waals surface area contributed by atoms with Crippen molar-refractivity contribution in [3.05, 3.63) is 35.4 Å². The van der Waals surface area contributed by atoms with Gasteiger partial charge in [0.1, 0.15) is 0 Å². The number of nitrogens with zero attached hydrogens (tertiary/aromatic N) is 1.